The van der Waals surface area contributed by atoms with Crippen molar-refractivity contribution in [2.24, 2.45) is 10.1 Å². The van der Waals surface area contributed by atoms with Gasteiger partial charge in [-0.25, -0.2) is 0 Å². The molecule has 7 nitrogen and oxygen atoms in total. The summed E-state index contributed by atoms with van der Waals surface area (Å²) in [6.07, 6.45) is 1.74. The first-order chi connectivity index (χ1) is 18.9. The van der Waals surface area contributed by atoms with Gasteiger partial charge in [0.25, 0.3) is 5.91 Å². The van der Waals surface area contributed by atoms with E-state index in [0.29, 0.717) is 39.2 Å². The highest BCUT2D eigenvalue weighted by molar-refractivity contribution is 8.27. The summed E-state index contributed by atoms with van der Waals surface area (Å²) in [4.78, 5) is 17.4. The van der Waals surface area contributed by atoms with Crippen LogP contribution in [0.15, 0.2) is 88.5 Å². The number of hydrogen-bond acceptors (Lipinski definition) is 5. The third-order valence-corrected chi connectivity index (χ3v) is 8.12. The predicted octanol–water partition coefficient (Wildman–Crippen LogP) is 7.00. The molecule has 2 aliphatic rings. The Morgan fingerprint density at radius 3 is 2.51 bits per heavy atom. The topological polar surface area (TPSA) is 83.0 Å². The Balaban J connectivity index is 1.33. The highest BCUT2D eigenvalue weighted by Crippen LogP contribution is 2.34. The Kier molecular flexibility index (Phi) is 6.76. The van der Waals surface area contributed by atoms with E-state index in [0.717, 1.165) is 27.7 Å². The van der Waals surface area contributed by atoms with Gasteiger partial charge in [0.1, 0.15) is 17.4 Å². The van der Waals surface area contributed by atoms with Crippen molar-refractivity contribution in [1.29, 1.82) is 5.41 Å². The van der Waals surface area contributed by atoms with Crippen molar-refractivity contribution in [3.63, 3.8) is 0 Å². The molecule has 4 aromatic rings. The van der Waals surface area contributed by atoms with E-state index >= 15 is 0 Å². The number of para-hydroxylation sites is 2. The minimum absolute atomic E-state index is 0.0298. The summed E-state index contributed by atoms with van der Waals surface area (Å²) in [6, 6.07) is 22.7. The highest BCUT2D eigenvalue weighted by atomic mass is 35.5. The van der Waals surface area contributed by atoms with Gasteiger partial charge in [0, 0.05) is 27.7 Å². The van der Waals surface area contributed by atoms with Crippen molar-refractivity contribution >= 4 is 73.9 Å². The summed E-state index contributed by atoms with van der Waals surface area (Å²) in [5, 5.41) is 17.8. The zero-order valence-electron chi connectivity index (χ0n) is 20.7. The maximum atomic E-state index is 13.1. The summed E-state index contributed by atoms with van der Waals surface area (Å²) in [7, 11) is 0. The van der Waals surface area contributed by atoms with Crippen LogP contribution in [0.5, 0.6) is 5.75 Å². The summed E-state index contributed by atoms with van der Waals surface area (Å²) in [5.74, 6) is 0.121. The number of fused-ring (bicyclic) bond motifs is 2. The predicted molar refractivity (Wildman–Crippen MR) is 159 cm³/mol. The summed E-state index contributed by atoms with van der Waals surface area (Å²) in [5.41, 5.74) is 3.68. The molecule has 6 rings (SSSR count). The number of nitrogens with zero attached hydrogens (tertiary/aromatic N) is 4. The van der Waals surface area contributed by atoms with Crippen LogP contribution < -0.4 is 4.74 Å². The van der Waals surface area contributed by atoms with Gasteiger partial charge in [-0.05, 0) is 49.0 Å². The number of amides is 1. The van der Waals surface area contributed by atoms with Crippen LogP contribution in [0.1, 0.15) is 16.8 Å². The Morgan fingerprint density at radius 2 is 1.72 bits per heavy atom. The average molecular weight is 574 g/mol. The van der Waals surface area contributed by atoms with Crippen LogP contribution in [0.25, 0.3) is 17.0 Å². The van der Waals surface area contributed by atoms with Crippen LogP contribution in [0.2, 0.25) is 10.0 Å². The molecule has 0 aliphatic carbocycles. The summed E-state index contributed by atoms with van der Waals surface area (Å²) in [6.45, 7) is 2.97. The number of ether oxygens (including phenoxy) is 1. The molecular formula is C29H21Cl2N5O2S. The van der Waals surface area contributed by atoms with E-state index < -0.39 is 5.91 Å². The number of carbonyl (C=O) groups is 1. The van der Waals surface area contributed by atoms with E-state index in [-0.39, 0.29) is 11.4 Å². The second kappa shape index (κ2) is 10.4. The molecule has 0 bridgehead atoms. The fourth-order valence-corrected chi connectivity index (χ4v) is 6.02. The Labute approximate surface area is 238 Å². The molecule has 39 heavy (non-hydrogen) atoms. The number of benzene rings is 3. The number of thioether (sulfide) groups is 1. The number of hydrazone groups is 1. The molecule has 1 amide bonds. The van der Waals surface area contributed by atoms with Crippen LogP contribution in [0, 0.1) is 12.3 Å². The first-order valence-electron chi connectivity index (χ1n) is 12.1. The zero-order chi connectivity index (χ0) is 27.1. The number of carbonyl (C=O) groups excluding carboxylic acids is 1. The normalized spacial score (nSPS) is 16.1. The Hall–Kier alpha value is -3.85. The number of hydrogen-bond donors (Lipinski definition) is 1. The van der Waals surface area contributed by atoms with Gasteiger partial charge in [-0.1, -0.05) is 71.7 Å². The lowest BCUT2D eigenvalue weighted by molar-refractivity contribution is -0.114. The van der Waals surface area contributed by atoms with E-state index in [1.807, 2.05) is 67.6 Å². The van der Waals surface area contributed by atoms with Gasteiger partial charge >= 0.3 is 0 Å². The van der Waals surface area contributed by atoms with Gasteiger partial charge in [0.05, 0.1) is 22.2 Å². The molecule has 0 radical (unpaired) electrons. The maximum Gasteiger partial charge on any atom is 0.283 e. The van der Waals surface area contributed by atoms with Crippen LogP contribution in [-0.2, 0) is 11.3 Å². The third kappa shape index (κ3) is 4.65. The van der Waals surface area contributed by atoms with Crippen molar-refractivity contribution in [3.8, 4) is 5.75 Å². The van der Waals surface area contributed by atoms with Crippen molar-refractivity contribution < 1.29 is 9.53 Å². The first kappa shape index (κ1) is 25.4. The van der Waals surface area contributed by atoms with Crippen molar-refractivity contribution in [1.82, 2.24) is 9.58 Å². The molecule has 1 aromatic heterocycles. The van der Waals surface area contributed by atoms with Gasteiger partial charge in [-0.2, -0.15) is 15.1 Å². The molecule has 10 heteroatoms. The Morgan fingerprint density at radius 1 is 1.00 bits per heavy atom. The monoisotopic (exact) mass is 573 g/mol. The number of halogens is 2. The van der Waals surface area contributed by atoms with Gasteiger partial charge in [0.2, 0.25) is 5.17 Å². The molecule has 194 valence electrons. The number of rotatable bonds is 6. The van der Waals surface area contributed by atoms with Crippen molar-refractivity contribution in [2.75, 3.05) is 6.61 Å². The molecule has 0 saturated heterocycles. The largest absolute Gasteiger partial charge is 0.490 e. The lowest BCUT2D eigenvalue weighted by Gasteiger charge is -2.20. The lowest BCUT2D eigenvalue weighted by atomic mass is 10.1. The van der Waals surface area contributed by atoms with Crippen LogP contribution >= 0.6 is 35.0 Å². The Bertz CT molecular complexity index is 1760. The molecular weight excluding hydrogens is 553 g/mol. The first-order valence-corrected chi connectivity index (χ1v) is 13.7. The fraction of sp³-hybridized carbons (Fsp3) is 0.103. The molecule has 0 fully saturated rings. The summed E-state index contributed by atoms with van der Waals surface area (Å²) < 4.78 is 8.08. The third-order valence-electron chi connectivity index (χ3n) is 6.54. The van der Waals surface area contributed by atoms with Crippen LogP contribution in [0.3, 0.4) is 0 Å². The molecule has 3 heterocycles. The van der Waals surface area contributed by atoms with Crippen molar-refractivity contribution in [3.05, 3.63) is 105 Å². The van der Waals surface area contributed by atoms with Gasteiger partial charge in [-0.15, -0.1) is 0 Å². The average Bonchev–Trinajstić information content (AvgIpc) is 3.47. The molecule has 1 N–H and O–H groups in total. The SMILES string of the molecule is Cc1c(/C=C2\C(=N)N3N=C(c4ccccc4Cl)SC3=NC2=O)c2ccccc2n1CCOc1ccccc1Cl. The van der Waals surface area contributed by atoms with Crippen LogP contribution in [0.4, 0.5) is 0 Å². The van der Waals surface area contributed by atoms with E-state index in [4.69, 9.17) is 33.3 Å². The number of aliphatic imine (C=N–C) groups is 1. The smallest absolute Gasteiger partial charge is 0.283 e. The number of nitrogens with one attached hydrogen (secondary N) is 1. The van der Waals surface area contributed by atoms with Gasteiger partial charge < -0.3 is 9.30 Å². The van der Waals surface area contributed by atoms with Gasteiger partial charge in [0.15, 0.2) is 5.84 Å². The van der Waals surface area contributed by atoms with Crippen molar-refractivity contribution in [2.45, 2.75) is 13.5 Å². The minimum Gasteiger partial charge on any atom is -0.490 e. The number of amidine groups is 2. The quantitative estimate of drug-likeness (QED) is 0.251. The second-order valence-electron chi connectivity index (χ2n) is 8.85. The molecule has 0 unspecified atom stereocenters. The van der Waals surface area contributed by atoms with E-state index in [9.17, 15) is 4.79 Å². The molecule has 0 spiro atoms. The molecule has 3 aromatic carbocycles. The van der Waals surface area contributed by atoms with Crippen LogP contribution in [-0.4, -0.2) is 38.1 Å². The van der Waals surface area contributed by atoms with E-state index in [1.54, 1.807) is 18.2 Å². The highest BCUT2D eigenvalue weighted by Gasteiger charge is 2.36. The number of aromatic nitrogens is 1. The second-order valence-corrected chi connectivity index (χ2v) is 10.6. The maximum absolute atomic E-state index is 13.1. The molecule has 0 atom stereocenters. The lowest BCUT2D eigenvalue weighted by Crippen LogP contribution is -2.35. The minimum atomic E-state index is -0.479. The standard InChI is InChI=1S/C29H21Cl2N5O2S/c1-17-20(18-8-3-6-12-24(18)35(17)14-15-38-25-13-7-5-11-23(25)31)16-21-26(32)36-29(33-27(21)37)39-28(34-36)19-9-2-4-10-22(19)30/h2-13,16,32H,14-15H2,1H3/b21-16+,32-26?. The van der Waals surface area contributed by atoms with Gasteiger partial charge in [-0.3, -0.25) is 10.2 Å². The zero-order valence-corrected chi connectivity index (χ0v) is 23.0. The fourth-order valence-electron chi connectivity index (χ4n) is 4.62. The summed E-state index contributed by atoms with van der Waals surface area (Å²) >= 11 is 13.8. The van der Waals surface area contributed by atoms with E-state index in [1.165, 1.54) is 16.8 Å². The van der Waals surface area contributed by atoms with E-state index in [2.05, 4.69) is 14.7 Å². The molecule has 2 aliphatic heterocycles. The molecule has 0 saturated carbocycles.